The summed E-state index contributed by atoms with van der Waals surface area (Å²) in [6.07, 6.45) is -59.1. The van der Waals surface area contributed by atoms with E-state index in [4.69, 9.17) is 46.3 Å². The van der Waals surface area contributed by atoms with Crippen molar-refractivity contribution in [3.63, 3.8) is 0 Å². The van der Waals surface area contributed by atoms with Crippen LogP contribution in [0.1, 0.15) is 124 Å². The number of hydrogen-bond acceptors (Lipinski definition) is 49. The molecule has 13 N–H and O–H groups in total. The van der Waals surface area contributed by atoms with Crippen LogP contribution in [0.25, 0.3) is 0 Å². The van der Waals surface area contributed by atoms with Gasteiger partial charge in [-0.15, -0.1) is 5.10 Å². The monoisotopic (exact) mass is 2160 g/mol. The molecule has 8 fully saturated rings. The molecule has 63 nitrogen and oxygen atoms in total. The van der Waals surface area contributed by atoms with Crippen molar-refractivity contribution in [1.29, 1.82) is 0 Å². The molecular weight excluding hydrogens is 2070 g/mol. The summed E-state index contributed by atoms with van der Waals surface area (Å²) in [7, 11) is -83.9. The van der Waals surface area contributed by atoms with Gasteiger partial charge in [-0.1, -0.05) is 59.1 Å². The van der Waals surface area contributed by atoms with Gasteiger partial charge in [-0.2, -0.15) is 109 Å². The largest absolute Gasteiger partial charge is 0.397 e. The Morgan fingerprint density at radius 1 is 0.377 bits per heavy atom. The minimum atomic E-state index is -6.80. The summed E-state index contributed by atoms with van der Waals surface area (Å²) >= 11 is 0. The van der Waals surface area contributed by atoms with Gasteiger partial charge < -0.3 is 37.9 Å². The summed E-state index contributed by atoms with van der Waals surface area (Å²) in [6.45, 7) is 2.14. The van der Waals surface area contributed by atoms with E-state index in [0.29, 0.717) is 53.0 Å². The van der Waals surface area contributed by atoms with Gasteiger partial charge in [-0.3, -0.25) is 59.2 Å². The molecule has 0 aromatic carbocycles. The highest BCUT2D eigenvalue weighted by Gasteiger charge is 2.65. The van der Waals surface area contributed by atoms with Crippen LogP contribution < -0.4 is 0 Å². The topological polar surface area (TPSA) is 931 Å². The van der Waals surface area contributed by atoms with Crippen LogP contribution in [0.2, 0.25) is 0 Å². The fourth-order valence-electron chi connectivity index (χ4n) is 18.5. The second kappa shape index (κ2) is 41.5. The maximum Gasteiger partial charge on any atom is 0.397 e. The molecule has 8 aliphatic rings. The van der Waals surface area contributed by atoms with Crippen molar-refractivity contribution >= 4 is 135 Å². The zero-order valence-electron chi connectivity index (χ0n) is 66.9. The lowest BCUT2D eigenvalue weighted by Crippen LogP contribution is -2.69. The zero-order valence-corrected chi connectivity index (χ0v) is 77.5. The molecule has 4 saturated carbocycles. The molecule has 130 heavy (non-hydrogen) atoms. The highest BCUT2D eigenvalue weighted by molar-refractivity contribution is 7.83. The summed E-state index contributed by atoms with van der Waals surface area (Å²) in [5, 5.41) is 7.77. The lowest BCUT2D eigenvalue weighted by Gasteiger charge is -2.61. The minimum absolute atomic E-state index is 0.0846. The van der Waals surface area contributed by atoms with Crippen LogP contribution in [-0.2, 0) is 234 Å². The molecule has 4 aliphatic heterocycles. The second-order valence-electron chi connectivity index (χ2n) is 31.8. The van der Waals surface area contributed by atoms with Crippen LogP contribution in [0.5, 0.6) is 0 Å². The van der Waals surface area contributed by atoms with E-state index in [2.05, 4.69) is 90.9 Å². The summed E-state index contributed by atoms with van der Waals surface area (Å²) in [5.41, 5.74) is -0.126. The quantitative estimate of drug-likeness (QED) is 0.0282. The van der Waals surface area contributed by atoms with Crippen LogP contribution in [0.4, 0.5) is 0 Å². The van der Waals surface area contributed by atoms with Crippen molar-refractivity contribution in [3.8, 4) is 0 Å². The van der Waals surface area contributed by atoms with Gasteiger partial charge in [0.15, 0.2) is 49.5 Å². The Morgan fingerprint density at radius 3 is 1.08 bits per heavy atom. The van der Waals surface area contributed by atoms with E-state index in [9.17, 15) is 169 Å². The fraction of sp³-hybridized carbons (Fsp3) is 0.963. The van der Waals surface area contributed by atoms with E-state index in [-0.39, 0.29) is 22.4 Å². The normalized spacial score (nSPS) is 36.0. The maximum atomic E-state index is 13.2. The molecule has 9 rings (SSSR count). The molecule has 0 amide bonds. The first-order chi connectivity index (χ1) is 58.9. The van der Waals surface area contributed by atoms with Gasteiger partial charge in [0, 0.05) is 0 Å². The van der Waals surface area contributed by atoms with E-state index in [1.807, 2.05) is 0 Å². The van der Waals surface area contributed by atoms with Gasteiger partial charge in [0.1, 0.15) is 78.9 Å². The Hall–Kier alpha value is -2.87. The third-order valence-corrected chi connectivity index (χ3v) is 28.9. The average Bonchev–Trinajstić information content (AvgIpc) is 1.52. The molecule has 4 unspecified atom stereocenters. The molecule has 76 heteroatoms. The molecule has 4 aliphatic carbocycles. The lowest BCUT2D eigenvalue weighted by atomic mass is 9.44. The molecule has 0 spiro atoms. The van der Waals surface area contributed by atoms with Crippen LogP contribution in [0.3, 0.4) is 0 Å². The summed E-state index contributed by atoms with van der Waals surface area (Å²) in [5.74, 6) is 3.39. The fourth-order valence-corrected chi connectivity index (χ4v) is 24.2. The molecule has 760 valence electrons. The number of ether oxygens (including phenoxy) is 8. The molecule has 0 bridgehead atoms. The third-order valence-electron chi connectivity index (χ3n) is 23.0. The van der Waals surface area contributed by atoms with Gasteiger partial charge in [-0.05, 0) is 110 Å². The van der Waals surface area contributed by atoms with Crippen molar-refractivity contribution in [3.05, 3.63) is 11.9 Å². The first-order valence-corrected chi connectivity index (χ1v) is 55.1. The van der Waals surface area contributed by atoms with Crippen LogP contribution >= 0.6 is 0 Å². The van der Waals surface area contributed by atoms with Crippen molar-refractivity contribution in [2.45, 2.75) is 247 Å². The van der Waals surface area contributed by atoms with E-state index >= 15 is 0 Å². The van der Waals surface area contributed by atoms with Crippen molar-refractivity contribution in [1.82, 2.24) is 15.0 Å². The first kappa shape index (κ1) is 111. The van der Waals surface area contributed by atoms with Crippen LogP contribution in [-0.4, -0.2) is 333 Å². The summed E-state index contributed by atoms with van der Waals surface area (Å²) in [6, 6.07) is 0. The Labute approximate surface area is 743 Å². The smallest absolute Gasteiger partial charge is 0.372 e. The molecule has 1 aromatic heterocycles. The number of nitrogens with zero attached hydrogens (tertiary/aromatic N) is 3. The van der Waals surface area contributed by atoms with E-state index in [1.165, 1.54) is 0 Å². The number of rotatable bonds is 45. The Kier molecular flexibility index (Phi) is 35.4. The predicted octanol–water partition coefficient (Wildman–Crippen LogP) is -3.52. The average molecular weight is 2160 g/mol. The maximum absolute atomic E-state index is 13.2. The zero-order chi connectivity index (χ0) is 97.8. The highest BCUT2D eigenvalue weighted by Crippen LogP contribution is 2.69. The van der Waals surface area contributed by atoms with Crippen molar-refractivity contribution < 1.29 is 261 Å². The van der Waals surface area contributed by atoms with Gasteiger partial charge in [0.25, 0.3) is 0 Å². The number of aromatic nitrogens is 3. The van der Waals surface area contributed by atoms with Gasteiger partial charge in [0.2, 0.25) is 0 Å². The molecule has 0 radical (unpaired) electrons. The molecule has 4 saturated heterocycles. The van der Waals surface area contributed by atoms with Gasteiger partial charge >= 0.3 is 135 Å². The van der Waals surface area contributed by atoms with Crippen LogP contribution in [0.15, 0.2) is 6.20 Å². The molecule has 1 aromatic rings. The van der Waals surface area contributed by atoms with Crippen molar-refractivity contribution in [2.24, 2.45) is 52.3 Å². The third kappa shape index (κ3) is 32.3. The second-order valence-corrected chi connectivity index (χ2v) is 45.6. The molecule has 29 atom stereocenters. The molecular formula is C54H91N3O60S13. The van der Waals surface area contributed by atoms with E-state index in [0.717, 1.165) is 70.4 Å². The Bertz CT molecular complexity index is 5720. The minimum Gasteiger partial charge on any atom is -0.372 e. The summed E-state index contributed by atoms with van der Waals surface area (Å²) in [4.78, 5) is 0. The highest BCUT2D eigenvalue weighted by atomic mass is 32.3. The van der Waals surface area contributed by atoms with Gasteiger partial charge in [0.05, 0.1) is 45.3 Å². The number of hydrogen-bond donors (Lipinski definition) is 13. The number of fused-ring (bicyclic) bond motifs is 5. The Morgan fingerprint density at radius 2 is 0.708 bits per heavy atom. The SMILES string of the molecule is CC(C)CCC[C@@H](C)[C@H]1CCC2C3CCC4C[C@@H](OCc5cn([C@@H]6O[C@H](COS(=O)(=O)O)[C@@H](O[C@H]7O[C@H](COS(=O)(=O)O)[C@@H](O[C@H]8O[C@H](COS(=O)(=O)O)[C@@H](O[C@H]9O[C@H](COS(=O)(=O)O)[C@@H](OS(=O)(=O)O)[C@H](OS(=O)(=O)O)[C@H]9OS(=O)(=O)O)[C@H](OS(=O)(=O)O)[C@H]8OS(=O)(=O)O)[C@H](OS(=O)(=O)O)[C@H]7OS(=O)(=O)O)[C@H](OS(=O)(=O)O)[C@H]6OS(=O)(=O)O)nn5)CC[C@]4(C)C3CC[C@@]21C. The summed E-state index contributed by atoms with van der Waals surface area (Å²) < 4.78 is 562. The van der Waals surface area contributed by atoms with Crippen LogP contribution in [0, 0.1) is 52.3 Å². The molecule has 5 heterocycles. The van der Waals surface area contributed by atoms with E-state index < -0.39 is 297 Å². The van der Waals surface area contributed by atoms with E-state index in [1.54, 1.807) is 0 Å². The van der Waals surface area contributed by atoms with Gasteiger partial charge in [-0.25, -0.2) is 59.1 Å². The lowest BCUT2D eigenvalue weighted by molar-refractivity contribution is -0.376. The standard InChI is InChI=1S/C54H91N3O60S13/c1-24(2)7-6-8-25(3)30-11-12-31-29-10-9-26-17-28(13-15-53(26,4)32(29)14-16-54(30,31)5)97-19-27-18-57(56-55-27)49-45(114-127(85,86)87)41(110-123(73,74)75)37(33(102-49)20-98-118(58,59)60)106-50-46(115-128(88,89)90)42(111-124(76,77)78)38(34(103-50)21-99-119(61,62)63)107-51-47(116-129(91,92)93)43(112-125(79,80)81)39(35(104-51)22-100-120(64,65)66)108-52-48(117-130(94,95)96)44(113-126(82,83)84)40(109-122(70,71)72)36(105-52)23-101-121(67,68)69/h18,24-26,28-52H,6-17,19-23H2,1-5H3,(H,58,59,60)(H,61,62,63)(H,64,65,66)(H,67,68,69)(H,70,71,72)(H,73,74,75)(H,76,77,78)(H,79,80,81)(H,82,83,84)(H,85,86,87)(H,88,89,90)(H,91,92,93)(H,94,95,96)/t25-,26?,28+,29?,30-,31?,32?,33-,34-,35-,36-,37-,38-,39-,40-,41+,42+,43+,44+,45-,46-,47-,48-,49-,50-,51-,52-,53+,54-/m1/s1. The predicted molar refractivity (Wildman–Crippen MR) is 404 cm³/mol. The first-order valence-electron chi connectivity index (χ1n) is 37.4. The van der Waals surface area contributed by atoms with Crippen molar-refractivity contribution in [2.75, 3.05) is 26.4 Å². The Balaban J connectivity index is 1.11.